The molecule has 1 rings (SSSR count). The third-order valence-electron chi connectivity index (χ3n) is 3.03. The molecule has 0 radical (unpaired) electrons. The molecule has 1 atom stereocenters. The molecule has 1 unspecified atom stereocenters. The van der Waals surface area contributed by atoms with Crippen LogP contribution in [0.25, 0.3) is 0 Å². The van der Waals surface area contributed by atoms with E-state index < -0.39 is 0 Å². The number of ether oxygens (including phenoxy) is 1. The van der Waals surface area contributed by atoms with E-state index in [1.54, 1.807) is 0 Å². The van der Waals surface area contributed by atoms with Crippen LogP contribution in [0.5, 0.6) is 5.75 Å². The zero-order valence-electron chi connectivity index (χ0n) is 10.8. The van der Waals surface area contributed by atoms with Gasteiger partial charge in [0.1, 0.15) is 5.75 Å². The molecule has 0 aliphatic rings. The van der Waals surface area contributed by atoms with Crippen LogP contribution in [0.1, 0.15) is 45.2 Å². The summed E-state index contributed by atoms with van der Waals surface area (Å²) in [7, 11) is 1.97. The van der Waals surface area contributed by atoms with Crippen molar-refractivity contribution in [3.05, 3.63) is 29.8 Å². The average Bonchev–Trinajstić information content (AvgIpc) is 2.35. The van der Waals surface area contributed by atoms with Crippen molar-refractivity contribution in [3.8, 4) is 5.75 Å². The molecule has 0 aromatic heterocycles. The number of rotatable bonds is 6. The van der Waals surface area contributed by atoms with Crippen LogP contribution < -0.4 is 10.1 Å². The van der Waals surface area contributed by atoms with E-state index in [9.17, 15) is 0 Å². The van der Waals surface area contributed by atoms with Gasteiger partial charge in [0.2, 0.25) is 0 Å². The molecule has 0 spiro atoms. The number of hydrogen-bond acceptors (Lipinski definition) is 2. The van der Waals surface area contributed by atoms with E-state index in [0.717, 1.165) is 18.6 Å². The summed E-state index contributed by atoms with van der Waals surface area (Å²) in [5, 5.41) is 3.22. The summed E-state index contributed by atoms with van der Waals surface area (Å²) in [6, 6.07) is 8.75. The maximum atomic E-state index is 5.86. The summed E-state index contributed by atoms with van der Waals surface area (Å²) >= 11 is 0. The van der Waals surface area contributed by atoms with Gasteiger partial charge in [0.05, 0.1) is 6.10 Å². The van der Waals surface area contributed by atoms with Crippen LogP contribution in [0.15, 0.2) is 24.3 Å². The summed E-state index contributed by atoms with van der Waals surface area (Å²) in [4.78, 5) is 0. The van der Waals surface area contributed by atoms with E-state index in [1.165, 1.54) is 5.56 Å². The van der Waals surface area contributed by atoms with Gasteiger partial charge >= 0.3 is 0 Å². The first-order chi connectivity index (χ1) is 7.71. The topological polar surface area (TPSA) is 21.3 Å². The lowest BCUT2D eigenvalue weighted by Gasteiger charge is -2.16. The molecule has 0 fully saturated rings. The highest BCUT2D eigenvalue weighted by Crippen LogP contribution is 2.19. The van der Waals surface area contributed by atoms with Crippen molar-refractivity contribution in [1.82, 2.24) is 5.32 Å². The normalized spacial score (nSPS) is 12.8. The fourth-order valence-corrected chi connectivity index (χ4v) is 1.65. The first kappa shape index (κ1) is 13.0. The van der Waals surface area contributed by atoms with Gasteiger partial charge in [0.25, 0.3) is 0 Å². The Morgan fingerprint density at radius 1 is 1.12 bits per heavy atom. The summed E-state index contributed by atoms with van der Waals surface area (Å²) in [5.74, 6) is 0.973. The van der Waals surface area contributed by atoms with Crippen molar-refractivity contribution in [3.63, 3.8) is 0 Å². The fraction of sp³-hybridized carbons (Fsp3) is 0.571. The fourth-order valence-electron chi connectivity index (χ4n) is 1.65. The minimum absolute atomic E-state index is 0.340. The molecule has 0 amide bonds. The van der Waals surface area contributed by atoms with Crippen molar-refractivity contribution in [2.45, 2.75) is 45.8 Å². The van der Waals surface area contributed by atoms with Gasteiger partial charge in [0, 0.05) is 6.04 Å². The maximum Gasteiger partial charge on any atom is 0.119 e. The van der Waals surface area contributed by atoms with E-state index in [4.69, 9.17) is 4.74 Å². The van der Waals surface area contributed by atoms with Crippen LogP contribution >= 0.6 is 0 Å². The minimum Gasteiger partial charge on any atom is -0.490 e. The van der Waals surface area contributed by atoms with Crippen LogP contribution in [0, 0.1) is 0 Å². The van der Waals surface area contributed by atoms with E-state index >= 15 is 0 Å². The Balaban J connectivity index is 2.64. The highest BCUT2D eigenvalue weighted by molar-refractivity contribution is 5.29. The Labute approximate surface area is 99.0 Å². The molecular formula is C14H23NO. The van der Waals surface area contributed by atoms with Crippen molar-refractivity contribution in [1.29, 1.82) is 0 Å². The first-order valence-electron chi connectivity index (χ1n) is 6.15. The van der Waals surface area contributed by atoms with Gasteiger partial charge in [-0.1, -0.05) is 26.0 Å². The summed E-state index contributed by atoms with van der Waals surface area (Å²) in [6.07, 6.45) is 2.46. The van der Waals surface area contributed by atoms with E-state index in [1.807, 2.05) is 7.05 Å². The quantitative estimate of drug-likeness (QED) is 0.793. The molecule has 0 bridgehead atoms. The molecule has 0 heterocycles. The molecule has 1 aromatic rings. The first-order valence-corrected chi connectivity index (χ1v) is 6.15. The smallest absolute Gasteiger partial charge is 0.119 e. The molecule has 2 heteroatoms. The zero-order chi connectivity index (χ0) is 12.0. The van der Waals surface area contributed by atoms with Gasteiger partial charge in [-0.25, -0.2) is 0 Å². The van der Waals surface area contributed by atoms with Gasteiger partial charge < -0.3 is 10.1 Å². The lowest BCUT2D eigenvalue weighted by molar-refractivity contribution is 0.193. The summed E-state index contributed by atoms with van der Waals surface area (Å²) in [5.41, 5.74) is 1.29. The minimum atomic E-state index is 0.340. The lowest BCUT2D eigenvalue weighted by Crippen LogP contribution is -2.14. The van der Waals surface area contributed by atoms with Crippen molar-refractivity contribution >= 4 is 0 Å². The predicted octanol–water partition coefficient (Wildman–Crippen LogP) is 3.53. The Bertz CT molecular complexity index is 290. The van der Waals surface area contributed by atoms with Crippen LogP contribution in [0.2, 0.25) is 0 Å². The molecular weight excluding hydrogens is 198 g/mol. The molecule has 0 saturated carbocycles. The van der Waals surface area contributed by atoms with Gasteiger partial charge in [-0.05, 0) is 44.5 Å². The van der Waals surface area contributed by atoms with Gasteiger partial charge in [0.15, 0.2) is 0 Å². The molecule has 90 valence electrons. The Morgan fingerprint density at radius 2 is 1.69 bits per heavy atom. The second-order valence-corrected chi connectivity index (χ2v) is 4.14. The van der Waals surface area contributed by atoms with Crippen LogP contribution in [-0.4, -0.2) is 13.2 Å². The molecule has 0 aliphatic heterocycles. The average molecular weight is 221 g/mol. The third-order valence-corrected chi connectivity index (χ3v) is 3.03. The van der Waals surface area contributed by atoms with Gasteiger partial charge in [-0.15, -0.1) is 0 Å². The lowest BCUT2D eigenvalue weighted by atomic mass is 10.1. The molecule has 2 nitrogen and oxygen atoms in total. The Kier molecular flexibility index (Phi) is 5.33. The van der Waals surface area contributed by atoms with Crippen molar-refractivity contribution < 1.29 is 4.74 Å². The molecule has 16 heavy (non-hydrogen) atoms. The van der Waals surface area contributed by atoms with Gasteiger partial charge in [-0.3, -0.25) is 0 Å². The third kappa shape index (κ3) is 3.53. The molecule has 0 saturated heterocycles. The second-order valence-electron chi connectivity index (χ2n) is 4.14. The molecule has 1 N–H and O–H groups in total. The molecule has 1 aromatic carbocycles. The Morgan fingerprint density at radius 3 is 2.12 bits per heavy atom. The van der Waals surface area contributed by atoms with Crippen LogP contribution in [0.3, 0.4) is 0 Å². The standard InChI is InChI=1S/C14H23NO/c1-5-13(6-2)16-14-9-7-12(8-10-14)11(3)15-4/h7-11,13,15H,5-6H2,1-4H3. The van der Waals surface area contributed by atoms with Crippen LogP contribution in [0.4, 0.5) is 0 Å². The number of hydrogen-bond donors (Lipinski definition) is 1. The van der Waals surface area contributed by atoms with E-state index in [-0.39, 0.29) is 0 Å². The summed E-state index contributed by atoms with van der Waals surface area (Å²) in [6.45, 7) is 6.47. The Hall–Kier alpha value is -1.02. The zero-order valence-corrected chi connectivity index (χ0v) is 10.8. The number of benzene rings is 1. The van der Waals surface area contributed by atoms with Crippen molar-refractivity contribution in [2.75, 3.05) is 7.05 Å². The van der Waals surface area contributed by atoms with E-state index in [2.05, 4.69) is 50.4 Å². The highest BCUT2D eigenvalue weighted by Gasteiger charge is 2.06. The summed E-state index contributed by atoms with van der Waals surface area (Å²) < 4.78 is 5.86. The van der Waals surface area contributed by atoms with Crippen LogP contribution in [-0.2, 0) is 0 Å². The SMILES string of the molecule is CCC(CC)Oc1ccc(C(C)NC)cc1. The largest absolute Gasteiger partial charge is 0.490 e. The predicted molar refractivity (Wildman–Crippen MR) is 68.9 cm³/mol. The monoisotopic (exact) mass is 221 g/mol. The van der Waals surface area contributed by atoms with Gasteiger partial charge in [-0.2, -0.15) is 0 Å². The second kappa shape index (κ2) is 6.54. The van der Waals surface area contributed by atoms with E-state index in [0.29, 0.717) is 12.1 Å². The highest BCUT2D eigenvalue weighted by atomic mass is 16.5. The van der Waals surface area contributed by atoms with Crippen molar-refractivity contribution in [2.24, 2.45) is 0 Å². The maximum absolute atomic E-state index is 5.86. The molecule has 0 aliphatic carbocycles. The number of nitrogens with one attached hydrogen (secondary N) is 1.